The van der Waals surface area contributed by atoms with Crippen molar-refractivity contribution >= 4 is 22.8 Å². The number of H-pyrrole nitrogens is 1. The van der Waals surface area contributed by atoms with E-state index in [4.69, 9.17) is 10.5 Å². The van der Waals surface area contributed by atoms with E-state index in [1.165, 1.54) is 16.8 Å². The Balaban J connectivity index is 1.29. The van der Waals surface area contributed by atoms with Gasteiger partial charge < -0.3 is 25.9 Å². The van der Waals surface area contributed by atoms with E-state index >= 15 is 0 Å². The Morgan fingerprint density at radius 3 is 2.57 bits per heavy atom. The number of aromatic nitrogens is 5. The van der Waals surface area contributed by atoms with E-state index in [2.05, 4.69) is 30.7 Å². The van der Waals surface area contributed by atoms with Crippen LogP contribution in [0.15, 0.2) is 67.0 Å². The van der Waals surface area contributed by atoms with Crippen LogP contribution in [0.25, 0.3) is 27.7 Å². The number of ether oxygens (including phenoxy) is 1. The molecular weight excluding hydrogens is 613 g/mol. The summed E-state index contributed by atoms with van der Waals surface area (Å²) in [6.07, 6.45) is -2.20. The summed E-state index contributed by atoms with van der Waals surface area (Å²) < 4.78 is 52.0. The number of carboxylic acid groups (broad SMARTS) is 1. The molecule has 5 heterocycles. The van der Waals surface area contributed by atoms with Crippen LogP contribution in [0.1, 0.15) is 48.4 Å². The molecule has 6 N–H and O–H groups in total. The summed E-state index contributed by atoms with van der Waals surface area (Å²) in [6.45, 7) is 3.10. The molecule has 14 heteroatoms. The molecule has 2 saturated heterocycles. The van der Waals surface area contributed by atoms with Crippen molar-refractivity contribution in [2.45, 2.75) is 50.6 Å². The maximum absolute atomic E-state index is 15.0. The van der Waals surface area contributed by atoms with Gasteiger partial charge in [-0.2, -0.15) is 23.3 Å². The van der Waals surface area contributed by atoms with Gasteiger partial charge in [0.15, 0.2) is 0 Å². The number of nitrogens with zero attached hydrogens (tertiary/aromatic N) is 4. The molecular formula is C33H33F3N8O3. The first-order valence-electron chi connectivity index (χ1n) is 15.3. The molecule has 244 valence electrons. The molecule has 0 amide bonds. The van der Waals surface area contributed by atoms with Crippen molar-refractivity contribution in [3.05, 3.63) is 83.9 Å². The Hall–Kier alpha value is -4.95. The molecule has 1 spiro atoms. The van der Waals surface area contributed by atoms with Gasteiger partial charge in [-0.15, -0.1) is 0 Å². The largest absolute Gasteiger partial charge is 0.480 e. The first kappa shape index (κ1) is 30.7. The molecule has 2 aromatic carbocycles. The van der Waals surface area contributed by atoms with Crippen LogP contribution >= 0.6 is 0 Å². The number of piperidine rings is 1. The number of alkyl halides is 3. The summed E-state index contributed by atoms with van der Waals surface area (Å²) in [5.41, 5.74) is 8.89. The van der Waals surface area contributed by atoms with Gasteiger partial charge in [0.2, 0.25) is 17.9 Å². The normalized spacial score (nSPS) is 20.1. The van der Waals surface area contributed by atoms with E-state index in [0.717, 1.165) is 16.5 Å². The molecule has 0 radical (unpaired) electrons. The van der Waals surface area contributed by atoms with Crippen LogP contribution in [0.5, 0.6) is 5.88 Å². The van der Waals surface area contributed by atoms with Gasteiger partial charge in [0.25, 0.3) is 0 Å². The number of hydrogen-bond donors (Lipinski definition) is 5. The highest BCUT2D eigenvalue weighted by atomic mass is 19.4. The summed E-state index contributed by atoms with van der Waals surface area (Å²) in [5, 5.41) is 21.6. The maximum atomic E-state index is 15.0. The van der Waals surface area contributed by atoms with E-state index in [-0.39, 0.29) is 28.8 Å². The van der Waals surface area contributed by atoms with E-state index in [0.29, 0.717) is 43.6 Å². The van der Waals surface area contributed by atoms with Gasteiger partial charge in [0, 0.05) is 29.5 Å². The van der Waals surface area contributed by atoms with Gasteiger partial charge in [0.1, 0.15) is 6.04 Å². The number of anilines is 1. The average Bonchev–Trinajstić information content (AvgIpc) is 3.78. The number of halogens is 3. The highest BCUT2D eigenvalue weighted by Gasteiger charge is 2.51. The van der Waals surface area contributed by atoms with Gasteiger partial charge in [-0.3, -0.25) is 10.1 Å². The van der Waals surface area contributed by atoms with Gasteiger partial charge in [-0.05, 0) is 85.5 Å². The first-order valence-corrected chi connectivity index (χ1v) is 15.3. The molecule has 2 aliphatic heterocycles. The molecule has 0 saturated carbocycles. The Labute approximate surface area is 267 Å². The Bertz CT molecular complexity index is 1950. The number of aryl methyl sites for hydroxylation is 1. The molecule has 11 nitrogen and oxygen atoms in total. The fourth-order valence-electron chi connectivity index (χ4n) is 6.95. The van der Waals surface area contributed by atoms with E-state index < -0.39 is 35.7 Å². The summed E-state index contributed by atoms with van der Waals surface area (Å²) in [6, 6.07) is 14.0. The smallest absolute Gasteiger partial charge is 0.429 e. The molecule has 7 rings (SSSR count). The number of nitrogens with one attached hydrogen (secondary N) is 3. The second-order valence-corrected chi connectivity index (χ2v) is 12.3. The third-order valence-corrected chi connectivity index (χ3v) is 9.23. The molecule has 3 atom stereocenters. The monoisotopic (exact) mass is 646 g/mol. The van der Waals surface area contributed by atoms with Gasteiger partial charge in [0.05, 0.1) is 23.1 Å². The lowest BCUT2D eigenvalue weighted by Gasteiger charge is -2.38. The average molecular weight is 647 g/mol. The third kappa shape index (κ3) is 5.89. The number of fused-ring (bicyclic) bond motifs is 1. The zero-order valence-electron chi connectivity index (χ0n) is 25.4. The van der Waals surface area contributed by atoms with Crippen molar-refractivity contribution in [1.29, 1.82) is 0 Å². The van der Waals surface area contributed by atoms with E-state index in [1.54, 1.807) is 31.3 Å². The van der Waals surface area contributed by atoms with Crippen molar-refractivity contribution in [3.8, 4) is 22.7 Å². The second kappa shape index (κ2) is 11.7. The van der Waals surface area contributed by atoms with Gasteiger partial charge in [-0.1, -0.05) is 24.3 Å². The number of nitrogen functional groups attached to an aromatic ring is 1. The fourth-order valence-corrected chi connectivity index (χ4v) is 6.95. The molecule has 0 bridgehead atoms. The zero-order valence-corrected chi connectivity index (χ0v) is 25.4. The number of carbonyl (C=O) groups is 1. The van der Waals surface area contributed by atoms with Crippen LogP contribution in [0, 0.1) is 12.3 Å². The summed E-state index contributed by atoms with van der Waals surface area (Å²) >= 11 is 0. The van der Waals surface area contributed by atoms with Crippen LogP contribution in [-0.4, -0.2) is 61.1 Å². The lowest BCUT2D eigenvalue weighted by Crippen LogP contribution is -2.40. The van der Waals surface area contributed by atoms with E-state index in [9.17, 15) is 23.1 Å². The molecule has 2 fully saturated rings. The number of aromatic amines is 1. The minimum atomic E-state index is -4.86. The van der Waals surface area contributed by atoms with Crippen LogP contribution in [0.3, 0.4) is 0 Å². The summed E-state index contributed by atoms with van der Waals surface area (Å²) in [4.78, 5) is 23.5. The van der Waals surface area contributed by atoms with Gasteiger partial charge in [-0.25, -0.2) is 9.67 Å². The molecule has 2 aliphatic rings. The second-order valence-electron chi connectivity index (χ2n) is 12.3. The van der Waals surface area contributed by atoms with Crippen molar-refractivity contribution in [2.24, 2.45) is 5.41 Å². The Morgan fingerprint density at radius 2 is 1.85 bits per heavy atom. The SMILES string of the molecule is Cc1ccn(-c2cc(-c3ccc4cc[nH]c4c3)ccc2[C@@H](Oc2cc([C@H]3N[C@H](C(=O)O)CC34CCNCC4)nc(N)n2)C(F)(F)F)n1. The number of benzene rings is 2. The third-order valence-electron chi connectivity index (χ3n) is 9.23. The van der Waals surface area contributed by atoms with Crippen molar-refractivity contribution in [3.63, 3.8) is 0 Å². The molecule has 0 unspecified atom stereocenters. The topological polar surface area (TPSA) is 156 Å². The van der Waals surface area contributed by atoms with Crippen LogP contribution in [0.2, 0.25) is 0 Å². The van der Waals surface area contributed by atoms with Gasteiger partial charge >= 0.3 is 12.1 Å². The maximum Gasteiger partial charge on any atom is 0.429 e. The number of nitrogens with two attached hydrogens (primary N) is 1. The molecule has 0 aliphatic carbocycles. The molecule has 3 aromatic heterocycles. The van der Waals surface area contributed by atoms with E-state index in [1.807, 2.05) is 30.5 Å². The first-order chi connectivity index (χ1) is 22.5. The van der Waals surface area contributed by atoms with Crippen LogP contribution in [-0.2, 0) is 4.79 Å². The molecule has 47 heavy (non-hydrogen) atoms. The number of hydrogen-bond acceptors (Lipinski definition) is 8. The van der Waals surface area contributed by atoms with Crippen LogP contribution in [0.4, 0.5) is 19.1 Å². The number of carboxylic acids is 1. The summed E-state index contributed by atoms with van der Waals surface area (Å²) in [7, 11) is 0. The number of rotatable bonds is 7. The lowest BCUT2D eigenvalue weighted by molar-refractivity contribution is -0.198. The minimum Gasteiger partial charge on any atom is -0.480 e. The standard InChI is InChI=1S/C33H33F3N8O3/c1-18-7-13-44(43-18)26-15-21(20-3-2-19-6-10-39-23(19)14-20)4-5-22(26)29(33(34,35)36)47-27-16-24(41-31(37)42-27)28-32(8-11-38-12-9-32)17-25(40-28)30(45)46/h2-7,10,13-16,25,28-29,38-40H,8-9,11-12,17H2,1H3,(H,45,46)(H2,37,41,42)/t25-,28+,29+/m0/s1. The Kier molecular flexibility index (Phi) is 7.63. The highest BCUT2D eigenvalue weighted by Crippen LogP contribution is 2.50. The predicted molar refractivity (Wildman–Crippen MR) is 168 cm³/mol. The quantitative estimate of drug-likeness (QED) is 0.160. The van der Waals surface area contributed by atoms with Crippen molar-refractivity contribution < 1.29 is 27.8 Å². The van der Waals surface area contributed by atoms with Crippen molar-refractivity contribution in [1.82, 2.24) is 35.4 Å². The minimum absolute atomic E-state index is 0.177. The Morgan fingerprint density at radius 1 is 1.09 bits per heavy atom. The number of aliphatic carboxylic acids is 1. The van der Waals surface area contributed by atoms with Crippen molar-refractivity contribution in [2.75, 3.05) is 18.8 Å². The highest BCUT2D eigenvalue weighted by molar-refractivity contribution is 5.85. The van der Waals surface area contributed by atoms with Crippen LogP contribution < -0.4 is 21.1 Å². The lowest BCUT2D eigenvalue weighted by atomic mass is 9.71. The predicted octanol–water partition coefficient (Wildman–Crippen LogP) is 5.24. The zero-order chi connectivity index (χ0) is 32.9. The fraction of sp³-hybridized carbons (Fsp3) is 0.333. The summed E-state index contributed by atoms with van der Waals surface area (Å²) in [5.74, 6) is -1.65. The molecule has 5 aromatic rings.